The van der Waals surface area contributed by atoms with E-state index in [1.165, 1.54) is 30.6 Å². The molecule has 8 heteroatoms. The molecule has 1 aliphatic heterocycles. The van der Waals surface area contributed by atoms with Gasteiger partial charge in [0.1, 0.15) is 5.76 Å². The van der Waals surface area contributed by atoms with Crippen LogP contribution in [0.15, 0.2) is 16.0 Å². The average Bonchev–Trinajstić information content (AvgIpc) is 3.27. The number of carbonyl (C=O) groups excluding carboxylic acids is 1. The molecule has 3 N–H and O–H groups in total. The van der Waals surface area contributed by atoms with Gasteiger partial charge in [-0.05, 0) is 44.1 Å². The summed E-state index contributed by atoms with van der Waals surface area (Å²) in [7, 11) is 0. The highest BCUT2D eigenvalue weighted by Crippen LogP contribution is 2.46. The Morgan fingerprint density at radius 2 is 2.25 bits per heavy atom. The summed E-state index contributed by atoms with van der Waals surface area (Å²) in [5.41, 5.74) is 7.64. The van der Waals surface area contributed by atoms with E-state index < -0.39 is 0 Å². The highest BCUT2D eigenvalue weighted by molar-refractivity contribution is 7.13. The molecule has 1 amide bonds. The third kappa shape index (κ3) is 3.80. The van der Waals surface area contributed by atoms with E-state index in [-0.39, 0.29) is 11.8 Å². The summed E-state index contributed by atoms with van der Waals surface area (Å²) in [6, 6.07) is 2.12. The topological polar surface area (TPSA) is 97.3 Å². The molecular formula is C20H27N5O2S. The summed E-state index contributed by atoms with van der Waals surface area (Å²) >= 11 is 1.44. The van der Waals surface area contributed by atoms with Crippen molar-refractivity contribution in [1.82, 2.24) is 20.4 Å². The van der Waals surface area contributed by atoms with Crippen LogP contribution in [0.25, 0.3) is 0 Å². The Morgan fingerprint density at radius 3 is 3.04 bits per heavy atom. The predicted octanol–water partition coefficient (Wildman–Crippen LogP) is 2.41. The lowest BCUT2D eigenvalue weighted by atomic mass is 9.61. The molecule has 0 bridgehead atoms. The monoisotopic (exact) mass is 401 g/mol. The number of nitrogen functional groups attached to an aromatic ring is 1. The lowest BCUT2D eigenvalue weighted by Crippen LogP contribution is -2.54. The quantitative estimate of drug-likeness (QED) is 0.739. The van der Waals surface area contributed by atoms with Crippen molar-refractivity contribution in [3.05, 3.63) is 28.6 Å². The summed E-state index contributed by atoms with van der Waals surface area (Å²) in [6.45, 7) is 3.53. The van der Waals surface area contributed by atoms with Crippen molar-refractivity contribution in [3.63, 3.8) is 0 Å². The summed E-state index contributed by atoms with van der Waals surface area (Å²) in [4.78, 5) is 19.3. The van der Waals surface area contributed by atoms with Crippen LogP contribution in [0.4, 0.5) is 5.13 Å². The first-order valence-electron chi connectivity index (χ1n) is 10.3. The minimum absolute atomic E-state index is 0.146. The Morgan fingerprint density at radius 1 is 1.36 bits per heavy atom. The summed E-state index contributed by atoms with van der Waals surface area (Å²) in [5, 5.41) is 9.89. The van der Waals surface area contributed by atoms with Gasteiger partial charge < -0.3 is 15.6 Å². The highest BCUT2D eigenvalue weighted by atomic mass is 32.1. The van der Waals surface area contributed by atoms with Crippen molar-refractivity contribution in [1.29, 1.82) is 0 Å². The number of piperidine rings is 1. The molecule has 7 nitrogen and oxygen atoms in total. The van der Waals surface area contributed by atoms with E-state index in [0.717, 1.165) is 49.6 Å². The first kappa shape index (κ1) is 18.1. The second-order valence-corrected chi connectivity index (χ2v) is 9.39. The molecule has 0 aromatic carbocycles. The Bertz CT molecular complexity index is 845. The number of fused-ring (bicyclic) bond motifs is 1. The first-order valence-corrected chi connectivity index (χ1v) is 11.2. The van der Waals surface area contributed by atoms with Crippen molar-refractivity contribution in [2.45, 2.75) is 44.6 Å². The summed E-state index contributed by atoms with van der Waals surface area (Å²) < 4.78 is 5.48. The third-order valence-corrected chi connectivity index (χ3v) is 7.22. The number of aromatic nitrogens is 2. The van der Waals surface area contributed by atoms with Gasteiger partial charge in [-0.2, -0.15) is 0 Å². The molecule has 150 valence electrons. The second-order valence-electron chi connectivity index (χ2n) is 8.50. The fourth-order valence-corrected chi connectivity index (χ4v) is 5.27. The molecule has 5 rings (SSSR count). The van der Waals surface area contributed by atoms with Crippen LogP contribution in [0.1, 0.15) is 48.7 Å². The van der Waals surface area contributed by atoms with Gasteiger partial charge in [-0.25, -0.2) is 4.98 Å². The van der Waals surface area contributed by atoms with E-state index in [4.69, 9.17) is 10.3 Å². The Kier molecular flexibility index (Phi) is 4.84. The lowest BCUT2D eigenvalue weighted by Gasteiger charge is -2.50. The first-order chi connectivity index (χ1) is 13.7. The number of carbonyl (C=O) groups is 1. The molecule has 28 heavy (non-hydrogen) atoms. The Balaban J connectivity index is 1.10. The number of hydrogen-bond acceptors (Lipinski definition) is 7. The van der Waals surface area contributed by atoms with Crippen molar-refractivity contribution in [3.8, 4) is 0 Å². The maximum absolute atomic E-state index is 12.6. The molecule has 3 heterocycles. The van der Waals surface area contributed by atoms with Crippen LogP contribution in [-0.4, -0.2) is 40.6 Å². The maximum Gasteiger partial charge on any atom is 0.223 e. The third-order valence-electron chi connectivity index (χ3n) is 6.49. The van der Waals surface area contributed by atoms with Crippen LogP contribution >= 0.6 is 11.3 Å². The largest absolute Gasteiger partial charge is 0.375 e. The zero-order chi connectivity index (χ0) is 19.1. The number of rotatable bonds is 7. The molecular weight excluding hydrogens is 374 g/mol. The SMILES string of the molecule is Nc1nc(CCNC(=O)[C@@H]2C[C@H]3CCN(Cc4cc(C5CC5)on4)C[C@H]32)cs1. The zero-order valence-electron chi connectivity index (χ0n) is 16.0. The van der Waals surface area contributed by atoms with Crippen molar-refractivity contribution in [2.24, 2.45) is 17.8 Å². The molecule has 3 fully saturated rings. The molecule has 2 aromatic rings. The summed E-state index contributed by atoms with van der Waals surface area (Å²) in [5.74, 6) is 3.17. The van der Waals surface area contributed by atoms with Gasteiger partial charge in [-0.15, -0.1) is 11.3 Å². The smallest absolute Gasteiger partial charge is 0.223 e. The van der Waals surface area contributed by atoms with Crippen LogP contribution in [-0.2, 0) is 17.8 Å². The number of likely N-dealkylation sites (tertiary alicyclic amines) is 1. The standard InChI is InChI=1S/C20H27N5O2S/c21-20-23-14(11-28-20)3-5-22-19(26)16-7-13-4-6-25(10-17(13)16)9-15-8-18(27-24-15)12-1-2-12/h8,11-13,16-17H,1-7,9-10H2,(H2,21,23)(H,22,26)/t13-,16-,17-/m1/s1. The van der Waals surface area contributed by atoms with E-state index >= 15 is 0 Å². The normalized spacial score (nSPS) is 27.2. The van der Waals surface area contributed by atoms with Crippen molar-refractivity contribution < 1.29 is 9.32 Å². The number of anilines is 1. The van der Waals surface area contributed by atoms with Gasteiger partial charge in [0.2, 0.25) is 5.91 Å². The van der Waals surface area contributed by atoms with Crippen LogP contribution in [0.3, 0.4) is 0 Å². The maximum atomic E-state index is 12.6. The van der Waals surface area contributed by atoms with Gasteiger partial charge in [0.25, 0.3) is 0 Å². The van der Waals surface area contributed by atoms with E-state index in [1.807, 2.05) is 5.38 Å². The minimum atomic E-state index is 0.146. The minimum Gasteiger partial charge on any atom is -0.375 e. The Hall–Kier alpha value is -1.93. The number of amides is 1. The highest BCUT2D eigenvalue weighted by Gasteiger charge is 2.47. The van der Waals surface area contributed by atoms with E-state index in [1.54, 1.807) is 0 Å². The average molecular weight is 402 g/mol. The second kappa shape index (κ2) is 7.48. The van der Waals surface area contributed by atoms with Gasteiger partial charge in [-0.3, -0.25) is 9.69 Å². The molecule has 0 unspecified atom stereocenters. The van der Waals surface area contributed by atoms with Crippen LogP contribution in [0.5, 0.6) is 0 Å². The Labute approximate surface area is 168 Å². The molecule has 3 atom stereocenters. The van der Waals surface area contributed by atoms with E-state index in [9.17, 15) is 4.79 Å². The van der Waals surface area contributed by atoms with Crippen molar-refractivity contribution >= 4 is 22.4 Å². The molecule has 0 spiro atoms. The molecule has 2 aromatic heterocycles. The van der Waals surface area contributed by atoms with Gasteiger partial charge >= 0.3 is 0 Å². The van der Waals surface area contributed by atoms with Crippen LogP contribution in [0, 0.1) is 17.8 Å². The van der Waals surface area contributed by atoms with Gasteiger partial charge in [0, 0.05) is 49.3 Å². The predicted molar refractivity (Wildman–Crippen MR) is 107 cm³/mol. The van der Waals surface area contributed by atoms with Gasteiger partial charge in [-0.1, -0.05) is 5.16 Å². The number of nitrogens with one attached hydrogen (secondary N) is 1. The summed E-state index contributed by atoms with van der Waals surface area (Å²) in [6.07, 6.45) is 5.41. The van der Waals surface area contributed by atoms with Crippen LogP contribution in [0.2, 0.25) is 0 Å². The fraction of sp³-hybridized carbons (Fsp3) is 0.650. The number of nitrogens with two attached hydrogens (primary N) is 1. The van der Waals surface area contributed by atoms with Crippen molar-refractivity contribution in [2.75, 3.05) is 25.4 Å². The molecule has 1 saturated heterocycles. The van der Waals surface area contributed by atoms with Gasteiger partial charge in [0.15, 0.2) is 5.13 Å². The van der Waals surface area contributed by atoms with E-state index in [2.05, 4.69) is 26.4 Å². The molecule has 0 radical (unpaired) electrons. The fourth-order valence-electron chi connectivity index (χ4n) is 4.67. The molecule has 2 aliphatic carbocycles. The number of hydrogen-bond donors (Lipinski definition) is 2. The van der Waals surface area contributed by atoms with Crippen LogP contribution < -0.4 is 11.1 Å². The number of nitrogens with zero attached hydrogens (tertiary/aromatic N) is 3. The van der Waals surface area contributed by atoms with E-state index in [0.29, 0.717) is 29.4 Å². The lowest BCUT2D eigenvalue weighted by molar-refractivity contribution is -0.137. The molecule has 2 saturated carbocycles. The molecule has 3 aliphatic rings. The van der Waals surface area contributed by atoms with Gasteiger partial charge in [0.05, 0.1) is 11.4 Å². The zero-order valence-corrected chi connectivity index (χ0v) is 16.8. The number of thiazole rings is 1.